The first-order valence-electron chi connectivity index (χ1n) is 15.7. The van der Waals surface area contributed by atoms with Gasteiger partial charge in [-0.1, -0.05) is 121 Å². The number of halogens is 2. The van der Waals surface area contributed by atoms with Gasteiger partial charge in [-0.15, -0.1) is 22.7 Å². The van der Waals surface area contributed by atoms with Gasteiger partial charge in [0.15, 0.2) is 0 Å². The van der Waals surface area contributed by atoms with Gasteiger partial charge in [0.2, 0.25) is 0 Å². The molecule has 48 heavy (non-hydrogen) atoms. The molecule has 0 saturated heterocycles. The topological polar surface area (TPSA) is 0 Å². The van der Waals surface area contributed by atoms with Crippen LogP contribution >= 0.6 is 22.7 Å². The Balaban J connectivity index is 0.937. The molecule has 4 heteroatoms. The highest BCUT2D eigenvalue weighted by Crippen LogP contribution is 2.41. The largest absolute Gasteiger partial charge is 0.207 e. The minimum absolute atomic E-state index is 0.222. The van der Waals surface area contributed by atoms with Gasteiger partial charge in [0.05, 0.1) is 0 Å². The molecule has 0 unspecified atom stereocenters. The van der Waals surface area contributed by atoms with E-state index in [4.69, 9.17) is 0 Å². The van der Waals surface area contributed by atoms with Gasteiger partial charge in [-0.25, -0.2) is 8.78 Å². The SMILES string of the molecule is Fc1ccc(-c2ccc(-c3ccc(-c4ccc(-c5ccc(-c6ccc(-c7ccc(-c8ccc(F)cc8)cc7)cc6)s5)s4)cc3)cc2)cc1. The van der Waals surface area contributed by atoms with Crippen LogP contribution in [-0.4, -0.2) is 0 Å². The van der Waals surface area contributed by atoms with E-state index in [1.165, 1.54) is 54.9 Å². The summed E-state index contributed by atoms with van der Waals surface area (Å²) < 4.78 is 26.6. The molecule has 0 aliphatic carbocycles. The lowest BCUT2D eigenvalue weighted by atomic mass is 9.99. The van der Waals surface area contributed by atoms with Crippen molar-refractivity contribution in [1.29, 1.82) is 0 Å². The molecule has 0 radical (unpaired) electrons. The molecule has 0 bridgehead atoms. The van der Waals surface area contributed by atoms with Crippen molar-refractivity contribution in [3.63, 3.8) is 0 Å². The summed E-state index contributed by atoms with van der Waals surface area (Å²) in [7, 11) is 0. The number of thiophene rings is 2. The first kappa shape index (κ1) is 29.9. The van der Waals surface area contributed by atoms with Crippen LogP contribution in [0.3, 0.4) is 0 Å². The lowest BCUT2D eigenvalue weighted by Gasteiger charge is -2.06. The van der Waals surface area contributed by atoms with Gasteiger partial charge in [-0.05, 0) is 104 Å². The highest BCUT2D eigenvalue weighted by atomic mass is 32.1. The van der Waals surface area contributed by atoms with Gasteiger partial charge in [0.25, 0.3) is 0 Å². The first-order valence-corrected chi connectivity index (χ1v) is 17.3. The van der Waals surface area contributed by atoms with Crippen LogP contribution in [-0.2, 0) is 0 Å². The van der Waals surface area contributed by atoms with Crippen molar-refractivity contribution in [2.45, 2.75) is 0 Å². The van der Waals surface area contributed by atoms with E-state index in [9.17, 15) is 8.78 Å². The van der Waals surface area contributed by atoms with Crippen LogP contribution in [0.15, 0.2) is 170 Å². The Morgan fingerprint density at radius 3 is 0.646 bits per heavy atom. The third-order valence-corrected chi connectivity index (χ3v) is 11.0. The van der Waals surface area contributed by atoms with Crippen molar-refractivity contribution < 1.29 is 8.78 Å². The van der Waals surface area contributed by atoms with Crippen molar-refractivity contribution >= 4 is 22.7 Å². The maximum absolute atomic E-state index is 13.3. The van der Waals surface area contributed by atoms with E-state index >= 15 is 0 Å². The quantitative estimate of drug-likeness (QED) is 0.160. The van der Waals surface area contributed by atoms with Crippen LogP contribution in [0.25, 0.3) is 75.1 Å². The molecule has 0 atom stereocenters. The van der Waals surface area contributed by atoms with Crippen molar-refractivity contribution in [3.8, 4) is 75.1 Å². The van der Waals surface area contributed by atoms with E-state index in [0.29, 0.717) is 0 Å². The zero-order valence-corrected chi connectivity index (χ0v) is 27.4. The van der Waals surface area contributed by atoms with Gasteiger partial charge < -0.3 is 0 Å². The van der Waals surface area contributed by atoms with E-state index in [1.807, 2.05) is 46.9 Å². The molecule has 0 fully saturated rings. The Morgan fingerprint density at radius 1 is 0.208 bits per heavy atom. The Labute approximate surface area is 286 Å². The molecule has 8 aromatic rings. The monoisotopic (exact) mass is 658 g/mol. The molecule has 0 N–H and O–H groups in total. The Bertz CT molecular complexity index is 2120. The molecule has 230 valence electrons. The number of rotatable bonds is 7. The van der Waals surface area contributed by atoms with Crippen molar-refractivity contribution in [1.82, 2.24) is 0 Å². The van der Waals surface area contributed by atoms with Crippen molar-refractivity contribution in [3.05, 3.63) is 181 Å². The average Bonchev–Trinajstić information content (AvgIpc) is 3.84. The van der Waals surface area contributed by atoms with Crippen molar-refractivity contribution in [2.24, 2.45) is 0 Å². The molecule has 0 aliphatic heterocycles. The fourth-order valence-electron chi connectivity index (χ4n) is 5.90. The molecule has 2 aromatic heterocycles. The zero-order valence-electron chi connectivity index (χ0n) is 25.7. The molecule has 0 saturated carbocycles. The third kappa shape index (κ3) is 6.28. The van der Waals surface area contributed by atoms with Gasteiger partial charge in [0.1, 0.15) is 11.6 Å². The molecule has 8 rings (SSSR count). The van der Waals surface area contributed by atoms with E-state index in [1.54, 1.807) is 0 Å². The predicted molar refractivity (Wildman–Crippen MR) is 200 cm³/mol. The molecule has 6 aromatic carbocycles. The van der Waals surface area contributed by atoms with Crippen LogP contribution in [0.2, 0.25) is 0 Å². The minimum atomic E-state index is -0.222. The Morgan fingerprint density at radius 2 is 0.396 bits per heavy atom. The predicted octanol–water partition coefficient (Wildman–Crippen LogP) is 13.8. The lowest BCUT2D eigenvalue weighted by Crippen LogP contribution is -1.82. The molecule has 0 aliphatic rings. The molecule has 0 spiro atoms. The highest BCUT2D eigenvalue weighted by Gasteiger charge is 2.10. The summed E-state index contributed by atoms with van der Waals surface area (Å²) in [5.41, 5.74) is 11.2. The molecular weight excluding hydrogens is 631 g/mol. The maximum atomic E-state index is 13.3. The fourth-order valence-corrected chi connectivity index (χ4v) is 8.01. The minimum Gasteiger partial charge on any atom is -0.207 e. The summed E-state index contributed by atoms with van der Waals surface area (Å²) >= 11 is 3.63. The van der Waals surface area contributed by atoms with Crippen LogP contribution in [0.5, 0.6) is 0 Å². The van der Waals surface area contributed by atoms with Gasteiger partial charge in [-0.2, -0.15) is 0 Å². The van der Waals surface area contributed by atoms with Gasteiger partial charge in [0, 0.05) is 19.5 Å². The summed E-state index contributed by atoms with van der Waals surface area (Å²) in [6.07, 6.45) is 0. The number of hydrogen-bond acceptors (Lipinski definition) is 2. The van der Waals surface area contributed by atoms with Crippen LogP contribution in [0, 0.1) is 11.6 Å². The molecule has 0 amide bonds. The smallest absolute Gasteiger partial charge is 0.123 e. The summed E-state index contributed by atoms with van der Waals surface area (Å²) in [4.78, 5) is 5.01. The summed E-state index contributed by atoms with van der Waals surface area (Å²) in [6, 6.07) is 56.3. The fraction of sp³-hybridized carbons (Fsp3) is 0. The van der Waals surface area contributed by atoms with Gasteiger partial charge in [-0.3, -0.25) is 0 Å². The van der Waals surface area contributed by atoms with Gasteiger partial charge >= 0.3 is 0 Å². The second kappa shape index (κ2) is 13.0. The van der Waals surface area contributed by atoms with Crippen LogP contribution in [0.4, 0.5) is 8.78 Å². The highest BCUT2D eigenvalue weighted by molar-refractivity contribution is 7.25. The Kier molecular flexibility index (Phi) is 8.11. The summed E-state index contributed by atoms with van der Waals surface area (Å²) in [5.74, 6) is -0.444. The summed E-state index contributed by atoms with van der Waals surface area (Å²) in [5, 5.41) is 0. The standard InChI is InChI=1S/C44H28F2S2/c45-39-21-17-35(18-22-39)31-5-1-29(2-6-31)33-9-13-37(14-10-33)41-25-27-43(47-41)44-28-26-42(48-44)38-15-11-34(12-16-38)30-3-7-32(8-4-30)36-19-23-40(46)24-20-36/h1-28H. The van der Waals surface area contributed by atoms with E-state index in [-0.39, 0.29) is 11.6 Å². The Hall–Kier alpha value is -5.42. The number of hydrogen-bond donors (Lipinski definition) is 0. The summed E-state index contributed by atoms with van der Waals surface area (Å²) in [6.45, 7) is 0. The van der Waals surface area contributed by atoms with E-state index in [2.05, 4.69) is 121 Å². The molecule has 0 nitrogen and oxygen atoms in total. The van der Waals surface area contributed by atoms with Crippen LogP contribution < -0.4 is 0 Å². The zero-order chi connectivity index (χ0) is 32.5. The lowest BCUT2D eigenvalue weighted by molar-refractivity contribution is 0.627. The molecule has 2 heterocycles. The first-order chi connectivity index (χ1) is 23.6. The molecular formula is C44H28F2S2. The average molecular weight is 659 g/mol. The normalized spacial score (nSPS) is 11.1. The van der Waals surface area contributed by atoms with Crippen LogP contribution in [0.1, 0.15) is 0 Å². The second-order valence-electron chi connectivity index (χ2n) is 11.7. The third-order valence-electron chi connectivity index (χ3n) is 8.59. The number of benzene rings is 6. The maximum Gasteiger partial charge on any atom is 0.123 e. The second-order valence-corrected chi connectivity index (χ2v) is 13.8. The van der Waals surface area contributed by atoms with Crippen molar-refractivity contribution in [2.75, 3.05) is 0 Å². The van der Waals surface area contributed by atoms with E-state index in [0.717, 1.165) is 44.5 Å². The van der Waals surface area contributed by atoms with E-state index < -0.39 is 0 Å².